The second-order valence-electron chi connectivity index (χ2n) is 2.72. The van der Waals surface area contributed by atoms with Crippen LogP contribution in [-0.4, -0.2) is 5.97 Å². The Labute approximate surface area is 82.3 Å². The van der Waals surface area contributed by atoms with Crippen molar-refractivity contribution in [3.05, 3.63) is 17.7 Å². The van der Waals surface area contributed by atoms with Crippen LogP contribution in [0.15, 0.2) is 17.0 Å². The Morgan fingerprint density at radius 1 is 1.54 bits per heavy atom. The minimum atomic E-state index is -0.377. The Morgan fingerprint density at radius 2 is 2.15 bits per heavy atom. The van der Waals surface area contributed by atoms with Crippen molar-refractivity contribution in [2.24, 2.45) is 0 Å². The van der Waals surface area contributed by atoms with Crippen LogP contribution in [0.3, 0.4) is 0 Å². The van der Waals surface area contributed by atoms with Crippen LogP contribution in [0.2, 0.25) is 0 Å². The molecule has 0 saturated carbocycles. The van der Waals surface area contributed by atoms with Gasteiger partial charge < -0.3 is 10.5 Å². The smallest absolute Gasteiger partial charge is 0.308 e. The number of rotatable bonds is 1. The Bertz CT molecular complexity index is 350. The highest BCUT2D eigenvalue weighted by molar-refractivity contribution is 7.80. The summed E-state index contributed by atoms with van der Waals surface area (Å²) in [6, 6.07) is 3.37. The molecule has 0 heterocycles. The van der Waals surface area contributed by atoms with E-state index in [2.05, 4.69) is 12.6 Å². The van der Waals surface area contributed by atoms with Crippen LogP contribution in [0, 0.1) is 6.92 Å². The maximum Gasteiger partial charge on any atom is 0.308 e. The van der Waals surface area contributed by atoms with Crippen LogP contribution in [0.4, 0.5) is 5.69 Å². The first kappa shape index (κ1) is 9.92. The minimum Gasteiger partial charge on any atom is -0.425 e. The predicted octanol–water partition coefficient (Wildman–Crippen LogP) is 1.79. The van der Waals surface area contributed by atoms with Gasteiger partial charge in [-0.15, -0.1) is 12.6 Å². The third-order valence-electron chi connectivity index (χ3n) is 1.70. The van der Waals surface area contributed by atoms with E-state index in [1.165, 1.54) is 6.92 Å². The van der Waals surface area contributed by atoms with Gasteiger partial charge in [0.05, 0.1) is 5.69 Å². The van der Waals surface area contributed by atoms with Gasteiger partial charge in [0.25, 0.3) is 0 Å². The summed E-state index contributed by atoms with van der Waals surface area (Å²) in [5.41, 5.74) is 6.99. The lowest BCUT2D eigenvalue weighted by molar-refractivity contribution is -0.131. The van der Waals surface area contributed by atoms with E-state index in [-0.39, 0.29) is 5.97 Å². The fourth-order valence-electron chi connectivity index (χ4n) is 0.936. The molecule has 1 rings (SSSR count). The molecule has 0 aliphatic rings. The van der Waals surface area contributed by atoms with Gasteiger partial charge in [0.15, 0.2) is 5.75 Å². The van der Waals surface area contributed by atoms with Crippen molar-refractivity contribution in [2.75, 3.05) is 5.73 Å². The molecule has 0 aliphatic heterocycles. The number of anilines is 1. The molecule has 70 valence electrons. The molecular formula is C9H11NO2S. The summed E-state index contributed by atoms with van der Waals surface area (Å²) in [6.07, 6.45) is 0. The topological polar surface area (TPSA) is 52.3 Å². The molecule has 2 N–H and O–H groups in total. The van der Waals surface area contributed by atoms with E-state index < -0.39 is 0 Å². The molecule has 0 aliphatic carbocycles. The molecule has 1 aromatic carbocycles. The lowest BCUT2D eigenvalue weighted by Crippen LogP contribution is -2.05. The average Bonchev–Trinajstić information content (AvgIpc) is 2.06. The number of nitrogen functional groups attached to an aromatic ring is 1. The van der Waals surface area contributed by atoms with Gasteiger partial charge in [0.1, 0.15) is 0 Å². The number of hydrogen-bond donors (Lipinski definition) is 2. The van der Waals surface area contributed by atoms with Crippen LogP contribution in [0.5, 0.6) is 5.75 Å². The molecule has 0 radical (unpaired) electrons. The number of ether oxygens (including phenoxy) is 1. The van der Waals surface area contributed by atoms with Crippen molar-refractivity contribution >= 4 is 24.3 Å². The van der Waals surface area contributed by atoms with Gasteiger partial charge in [-0.1, -0.05) is 0 Å². The number of benzene rings is 1. The molecule has 0 saturated heterocycles. The number of nitrogens with two attached hydrogens (primary N) is 1. The van der Waals surface area contributed by atoms with Crippen LogP contribution >= 0.6 is 12.6 Å². The maximum absolute atomic E-state index is 10.7. The van der Waals surface area contributed by atoms with Gasteiger partial charge >= 0.3 is 5.97 Å². The van der Waals surface area contributed by atoms with Gasteiger partial charge in [0.2, 0.25) is 0 Å². The summed E-state index contributed by atoms with van der Waals surface area (Å²) >= 11 is 4.18. The van der Waals surface area contributed by atoms with Gasteiger partial charge in [-0.3, -0.25) is 4.79 Å². The summed E-state index contributed by atoms with van der Waals surface area (Å²) in [5, 5.41) is 0. The van der Waals surface area contributed by atoms with E-state index in [1.807, 2.05) is 6.92 Å². The molecule has 0 bridgehead atoms. The average molecular weight is 197 g/mol. The summed E-state index contributed by atoms with van der Waals surface area (Å²) in [4.78, 5) is 11.5. The lowest BCUT2D eigenvalue weighted by Gasteiger charge is -2.08. The second-order valence-corrected chi connectivity index (χ2v) is 3.20. The summed E-state index contributed by atoms with van der Waals surface area (Å²) in [7, 11) is 0. The predicted molar refractivity (Wildman–Crippen MR) is 54.2 cm³/mol. The number of carbonyl (C=O) groups is 1. The zero-order valence-electron chi connectivity index (χ0n) is 7.50. The van der Waals surface area contributed by atoms with Crippen LogP contribution in [0.1, 0.15) is 12.5 Å². The van der Waals surface area contributed by atoms with Crippen molar-refractivity contribution in [1.29, 1.82) is 0 Å². The highest BCUT2D eigenvalue weighted by Crippen LogP contribution is 2.29. The summed E-state index contributed by atoms with van der Waals surface area (Å²) in [6.45, 7) is 3.16. The molecule has 4 heteroatoms. The van der Waals surface area contributed by atoms with E-state index in [9.17, 15) is 4.79 Å². The number of hydrogen-bond acceptors (Lipinski definition) is 4. The number of thiol groups is 1. The molecule has 0 spiro atoms. The number of esters is 1. The van der Waals surface area contributed by atoms with E-state index in [4.69, 9.17) is 10.5 Å². The van der Waals surface area contributed by atoms with Crippen molar-refractivity contribution < 1.29 is 9.53 Å². The molecule has 0 aromatic heterocycles. The monoisotopic (exact) mass is 197 g/mol. The summed E-state index contributed by atoms with van der Waals surface area (Å²) < 4.78 is 4.88. The molecule has 3 nitrogen and oxygen atoms in total. The lowest BCUT2D eigenvalue weighted by atomic mass is 10.2. The molecule has 0 unspecified atom stereocenters. The van der Waals surface area contributed by atoms with Gasteiger partial charge in [-0.05, 0) is 24.6 Å². The quantitative estimate of drug-likeness (QED) is 0.312. The third kappa shape index (κ3) is 2.15. The van der Waals surface area contributed by atoms with Crippen molar-refractivity contribution in [3.8, 4) is 5.75 Å². The number of carbonyl (C=O) groups excluding carboxylic acids is 1. The Kier molecular flexibility index (Phi) is 2.83. The van der Waals surface area contributed by atoms with Crippen molar-refractivity contribution in [2.45, 2.75) is 18.7 Å². The fourth-order valence-corrected chi connectivity index (χ4v) is 1.13. The Morgan fingerprint density at radius 3 is 2.69 bits per heavy atom. The first-order valence-corrected chi connectivity index (χ1v) is 4.23. The fraction of sp³-hybridized carbons (Fsp3) is 0.222. The SMILES string of the molecule is CC(=O)Oc1ccc(S)c(C)c1N. The van der Waals surface area contributed by atoms with E-state index >= 15 is 0 Å². The highest BCUT2D eigenvalue weighted by Gasteiger charge is 2.07. The largest absolute Gasteiger partial charge is 0.425 e. The van der Waals surface area contributed by atoms with E-state index in [1.54, 1.807) is 12.1 Å². The van der Waals surface area contributed by atoms with Crippen LogP contribution < -0.4 is 10.5 Å². The minimum absolute atomic E-state index is 0.377. The first-order chi connectivity index (χ1) is 6.02. The Hall–Kier alpha value is -1.16. The molecule has 0 atom stereocenters. The second kappa shape index (κ2) is 3.70. The van der Waals surface area contributed by atoms with Gasteiger partial charge in [-0.25, -0.2) is 0 Å². The van der Waals surface area contributed by atoms with Gasteiger partial charge in [0, 0.05) is 11.8 Å². The third-order valence-corrected chi connectivity index (χ3v) is 2.18. The van der Waals surface area contributed by atoms with Crippen molar-refractivity contribution in [3.63, 3.8) is 0 Å². The zero-order chi connectivity index (χ0) is 10.0. The van der Waals surface area contributed by atoms with Crippen LogP contribution in [-0.2, 0) is 4.79 Å². The van der Waals surface area contributed by atoms with Crippen molar-refractivity contribution in [1.82, 2.24) is 0 Å². The normalized spacial score (nSPS) is 9.77. The summed E-state index contributed by atoms with van der Waals surface area (Å²) in [5.74, 6) is 0.0146. The molecule has 1 aromatic rings. The first-order valence-electron chi connectivity index (χ1n) is 3.79. The van der Waals surface area contributed by atoms with Gasteiger partial charge in [-0.2, -0.15) is 0 Å². The molecule has 13 heavy (non-hydrogen) atoms. The molecule has 0 fully saturated rings. The van der Waals surface area contributed by atoms with Crippen LogP contribution in [0.25, 0.3) is 0 Å². The zero-order valence-corrected chi connectivity index (χ0v) is 8.39. The molecule has 0 amide bonds. The molecular weight excluding hydrogens is 186 g/mol. The highest BCUT2D eigenvalue weighted by atomic mass is 32.1. The van der Waals surface area contributed by atoms with E-state index in [0.717, 1.165) is 10.5 Å². The maximum atomic E-state index is 10.7. The Balaban J connectivity index is 3.10. The standard InChI is InChI=1S/C9H11NO2S/c1-5-8(13)4-3-7(9(5)10)12-6(2)11/h3-4,13H,10H2,1-2H3. The van der Waals surface area contributed by atoms with E-state index in [0.29, 0.717) is 11.4 Å².